The number of amides is 1. The number of nitrogens with zero attached hydrogens (tertiary/aromatic N) is 2. The predicted octanol–water partition coefficient (Wildman–Crippen LogP) is 5.01. The molecule has 1 amide bonds. The van der Waals surface area contributed by atoms with Gasteiger partial charge in [0.15, 0.2) is 0 Å². The molecule has 4 nitrogen and oxygen atoms in total. The first-order valence-electron chi connectivity index (χ1n) is 12.0. The van der Waals surface area contributed by atoms with Gasteiger partial charge in [0.2, 0.25) is 5.91 Å². The highest BCUT2D eigenvalue weighted by molar-refractivity contribution is 5.79. The summed E-state index contributed by atoms with van der Waals surface area (Å²) in [6.45, 7) is 9.70. The van der Waals surface area contributed by atoms with E-state index < -0.39 is 0 Å². The molecular formula is C27H37N3O. The molecule has 1 N–H and O–H groups in total. The average molecular weight is 420 g/mol. The number of rotatable bonds is 6. The van der Waals surface area contributed by atoms with Gasteiger partial charge in [-0.25, -0.2) is 0 Å². The van der Waals surface area contributed by atoms with E-state index in [1.165, 1.54) is 29.7 Å². The van der Waals surface area contributed by atoms with Crippen LogP contribution in [-0.2, 0) is 11.3 Å². The van der Waals surface area contributed by atoms with Gasteiger partial charge in [-0.1, -0.05) is 49.4 Å². The van der Waals surface area contributed by atoms with Gasteiger partial charge in [-0.2, -0.15) is 0 Å². The summed E-state index contributed by atoms with van der Waals surface area (Å²) in [6, 6.07) is 19.4. The maximum absolute atomic E-state index is 12.9. The third kappa shape index (κ3) is 5.88. The number of likely N-dealkylation sites (tertiary alicyclic amines) is 1. The minimum Gasteiger partial charge on any atom is -0.372 e. The van der Waals surface area contributed by atoms with Gasteiger partial charge >= 0.3 is 0 Å². The van der Waals surface area contributed by atoms with E-state index in [2.05, 4.69) is 83.6 Å². The number of hydrogen-bond acceptors (Lipinski definition) is 3. The van der Waals surface area contributed by atoms with Crippen molar-refractivity contribution in [2.75, 3.05) is 31.1 Å². The fraction of sp³-hybridized carbons (Fsp3) is 0.519. The molecule has 0 saturated carbocycles. The number of benzene rings is 2. The van der Waals surface area contributed by atoms with Crippen LogP contribution in [0.1, 0.15) is 56.7 Å². The van der Waals surface area contributed by atoms with Gasteiger partial charge in [-0.3, -0.25) is 9.69 Å². The van der Waals surface area contributed by atoms with Crippen LogP contribution in [0.25, 0.3) is 0 Å². The molecule has 0 bridgehead atoms. The van der Waals surface area contributed by atoms with E-state index in [1.807, 2.05) is 0 Å². The molecule has 0 radical (unpaired) electrons. The van der Waals surface area contributed by atoms with Gasteiger partial charge in [-0.15, -0.1) is 0 Å². The lowest BCUT2D eigenvalue weighted by Crippen LogP contribution is -2.40. The molecule has 0 spiro atoms. The van der Waals surface area contributed by atoms with Crippen LogP contribution in [0.15, 0.2) is 54.6 Å². The zero-order valence-electron chi connectivity index (χ0n) is 19.1. The first-order chi connectivity index (χ1) is 15.1. The van der Waals surface area contributed by atoms with Gasteiger partial charge in [0.1, 0.15) is 0 Å². The van der Waals surface area contributed by atoms with E-state index in [4.69, 9.17) is 0 Å². The Hall–Kier alpha value is -2.33. The fourth-order valence-electron chi connectivity index (χ4n) is 4.85. The summed E-state index contributed by atoms with van der Waals surface area (Å²) >= 11 is 0. The second-order valence-corrected chi connectivity index (χ2v) is 9.53. The Kier molecular flexibility index (Phi) is 7.29. The maximum atomic E-state index is 12.9. The quantitative estimate of drug-likeness (QED) is 0.715. The van der Waals surface area contributed by atoms with E-state index in [1.54, 1.807) is 0 Å². The van der Waals surface area contributed by atoms with Crippen LogP contribution in [0.5, 0.6) is 0 Å². The van der Waals surface area contributed by atoms with Crippen molar-refractivity contribution in [3.05, 3.63) is 65.7 Å². The van der Waals surface area contributed by atoms with E-state index in [9.17, 15) is 4.79 Å². The maximum Gasteiger partial charge on any atom is 0.223 e. The Bertz CT molecular complexity index is 819. The summed E-state index contributed by atoms with van der Waals surface area (Å²) in [6.07, 6.45) is 4.44. The van der Waals surface area contributed by atoms with Crippen molar-refractivity contribution in [3.63, 3.8) is 0 Å². The number of carbonyl (C=O) groups is 1. The van der Waals surface area contributed by atoms with Crippen LogP contribution < -0.4 is 10.2 Å². The lowest BCUT2D eigenvalue weighted by molar-refractivity contribution is -0.127. The first kappa shape index (κ1) is 21.9. The Morgan fingerprint density at radius 2 is 1.58 bits per heavy atom. The van der Waals surface area contributed by atoms with E-state index >= 15 is 0 Å². The topological polar surface area (TPSA) is 35.6 Å². The second-order valence-electron chi connectivity index (χ2n) is 9.53. The van der Waals surface area contributed by atoms with Crippen molar-refractivity contribution in [1.82, 2.24) is 10.2 Å². The molecule has 0 aromatic heterocycles. The molecule has 0 aliphatic carbocycles. The van der Waals surface area contributed by atoms with Crippen LogP contribution in [0, 0.1) is 11.8 Å². The molecule has 2 heterocycles. The van der Waals surface area contributed by atoms with Gasteiger partial charge in [-0.05, 0) is 74.9 Å². The third-order valence-electron chi connectivity index (χ3n) is 7.11. The third-order valence-corrected chi connectivity index (χ3v) is 7.11. The molecule has 2 saturated heterocycles. The summed E-state index contributed by atoms with van der Waals surface area (Å²) < 4.78 is 0. The van der Waals surface area contributed by atoms with E-state index in [-0.39, 0.29) is 17.9 Å². The van der Waals surface area contributed by atoms with Crippen LogP contribution in [0.2, 0.25) is 0 Å². The van der Waals surface area contributed by atoms with Gasteiger partial charge in [0.05, 0.1) is 6.04 Å². The first-order valence-corrected chi connectivity index (χ1v) is 12.0. The van der Waals surface area contributed by atoms with Crippen LogP contribution in [-0.4, -0.2) is 37.0 Å². The summed E-state index contributed by atoms with van der Waals surface area (Å²) in [5.41, 5.74) is 3.84. The lowest BCUT2D eigenvalue weighted by atomic mass is 9.94. The van der Waals surface area contributed by atoms with Crippen LogP contribution in [0.3, 0.4) is 0 Å². The zero-order valence-corrected chi connectivity index (χ0v) is 19.1. The molecule has 1 unspecified atom stereocenters. The monoisotopic (exact) mass is 419 g/mol. The Morgan fingerprint density at radius 1 is 0.935 bits per heavy atom. The summed E-state index contributed by atoms with van der Waals surface area (Å²) in [5, 5.41) is 3.26. The predicted molar refractivity (Wildman–Crippen MR) is 128 cm³/mol. The second kappa shape index (κ2) is 10.3. The zero-order chi connectivity index (χ0) is 21.6. The fourth-order valence-corrected chi connectivity index (χ4v) is 4.85. The molecule has 2 aromatic rings. The Labute approximate surface area is 187 Å². The van der Waals surface area contributed by atoms with Crippen molar-refractivity contribution in [2.24, 2.45) is 11.8 Å². The highest BCUT2D eigenvalue weighted by Gasteiger charge is 2.26. The largest absolute Gasteiger partial charge is 0.372 e. The number of hydrogen-bond donors (Lipinski definition) is 1. The van der Waals surface area contributed by atoms with Crippen LogP contribution >= 0.6 is 0 Å². The molecule has 2 aliphatic heterocycles. The number of nitrogens with one attached hydrogen (secondary N) is 1. The molecule has 4 heteroatoms. The highest BCUT2D eigenvalue weighted by Crippen LogP contribution is 2.25. The summed E-state index contributed by atoms with van der Waals surface area (Å²) in [5.74, 6) is 1.18. The molecular weight excluding hydrogens is 382 g/mol. The van der Waals surface area contributed by atoms with Gasteiger partial charge < -0.3 is 10.2 Å². The molecule has 2 aromatic carbocycles. The summed E-state index contributed by atoms with van der Waals surface area (Å²) in [4.78, 5) is 17.8. The number of piperidine rings is 2. The minimum absolute atomic E-state index is 0.0466. The Balaban J connectivity index is 1.24. The minimum atomic E-state index is 0.0466. The molecule has 2 fully saturated rings. The Morgan fingerprint density at radius 3 is 2.23 bits per heavy atom. The normalized spacial score (nSPS) is 19.9. The lowest BCUT2D eigenvalue weighted by Gasteiger charge is -2.32. The number of carbonyl (C=O) groups excluding carboxylic acids is 1. The molecule has 2 aliphatic rings. The smallest absolute Gasteiger partial charge is 0.223 e. The van der Waals surface area contributed by atoms with Crippen molar-refractivity contribution < 1.29 is 4.79 Å². The van der Waals surface area contributed by atoms with Gasteiger partial charge in [0.25, 0.3) is 0 Å². The molecule has 166 valence electrons. The molecule has 1 atom stereocenters. The SMILES string of the molecule is CC1CCN(c2ccc(C(C)NC(=O)C3CCN(Cc4ccccc4)CC3)cc2)CC1. The van der Waals surface area contributed by atoms with Crippen molar-refractivity contribution in [2.45, 2.75) is 52.1 Å². The van der Waals surface area contributed by atoms with Crippen molar-refractivity contribution in [1.29, 1.82) is 0 Å². The average Bonchev–Trinajstić information content (AvgIpc) is 2.81. The van der Waals surface area contributed by atoms with Crippen molar-refractivity contribution >= 4 is 11.6 Å². The van der Waals surface area contributed by atoms with Gasteiger partial charge in [0, 0.05) is 31.2 Å². The molecule has 4 rings (SSSR count). The molecule has 31 heavy (non-hydrogen) atoms. The van der Waals surface area contributed by atoms with Crippen LogP contribution in [0.4, 0.5) is 5.69 Å². The van der Waals surface area contributed by atoms with E-state index in [0.29, 0.717) is 0 Å². The van der Waals surface area contributed by atoms with E-state index in [0.717, 1.165) is 51.5 Å². The number of anilines is 1. The van der Waals surface area contributed by atoms with Crippen molar-refractivity contribution in [3.8, 4) is 0 Å². The highest BCUT2D eigenvalue weighted by atomic mass is 16.1. The standard InChI is InChI=1S/C27H37N3O/c1-21-12-18-30(19-13-21)26-10-8-24(9-11-26)22(2)28-27(31)25-14-16-29(17-15-25)20-23-6-4-3-5-7-23/h3-11,21-22,25H,12-20H2,1-2H3,(H,28,31). The summed E-state index contributed by atoms with van der Waals surface area (Å²) in [7, 11) is 0.